The molecule has 0 aliphatic heterocycles. The van der Waals surface area contributed by atoms with E-state index in [1.165, 1.54) is 0 Å². The largest absolute Gasteiger partial charge is 0.192 e. The van der Waals surface area contributed by atoms with Gasteiger partial charge in [0.2, 0.25) is 0 Å². The highest BCUT2D eigenvalue weighted by molar-refractivity contribution is 9.09. The SMILES string of the molecule is C=C/C(C#N)=C\C=C\CCBr. The third-order valence-corrected chi connectivity index (χ3v) is 1.49. The van der Waals surface area contributed by atoms with Crippen LogP contribution in [-0.4, -0.2) is 5.33 Å². The summed E-state index contributed by atoms with van der Waals surface area (Å²) in [6, 6.07) is 2.01. The Balaban J connectivity index is 3.90. The zero-order chi connectivity index (χ0) is 8.53. The molecule has 0 aromatic carbocycles. The summed E-state index contributed by atoms with van der Waals surface area (Å²) < 4.78 is 0. The minimum absolute atomic E-state index is 0.593. The molecule has 0 radical (unpaired) electrons. The summed E-state index contributed by atoms with van der Waals surface area (Å²) >= 11 is 3.29. The van der Waals surface area contributed by atoms with Crippen LogP contribution in [0.1, 0.15) is 6.42 Å². The van der Waals surface area contributed by atoms with Crippen molar-refractivity contribution in [3.8, 4) is 6.07 Å². The van der Waals surface area contributed by atoms with E-state index in [2.05, 4.69) is 22.5 Å². The number of alkyl halides is 1. The van der Waals surface area contributed by atoms with Crippen molar-refractivity contribution in [1.29, 1.82) is 5.26 Å². The Morgan fingerprint density at radius 1 is 1.64 bits per heavy atom. The third-order valence-electron chi connectivity index (χ3n) is 1.04. The van der Waals surface area contributed by atoms with Crippen molar-refractivity contribution < 1.29 is 0 Å². The lowest BCUT2D eigenvalue weighted by atomic mass is 10.2. The summed E-state index contributed by atoms with van der Waals surface area (Å²) in [5.74, 6) is 0. The molecule has 0 aromatic heterocycles. The van der Waals surface area contributed by atoms with E-state index >= 15 is 0 Å². The van der Waals surface area contributed by atoms with E-state index in [4.69, 9.17) is 5.26 Å². The fraction of sp³-hybridized carbons (Fsp3) is 0.222. The highest BCUT2D eigenvalue weighted by atomic mass is 79.9. The Hall–Kier alpha value is -0.810. The summed E-state index contributed by atoms with van der Waals surface area (Å²) in [7, 11) is 0. The van der Waals surface area contributed by atoms with Crippen molar-refractivity contribution in [3.05, 3.63) is 36.5 Å². The minimum Gasteiger partial charge on any atom is -0.192 e. The van der Waals surface area contributed by atoms with Gasteiger partial charge in [0.05, 0.1) is 11.6 Å². The molecule has 0 N–H and O–H groups in total. The summed E-state index contributed by atoms with van der Waals surface area (Å²) in [5.41, 5.74) is 0.593. The van der Waals surface area contributed by atoms with Crippen LogP contribution in [0.25, 0.3) is 0 Å². The molecular weight excluding hydrogens is 202 g/mol. The lowest BCUT2D eigenvalue weighted by Crippen LogP contribution is -1.68. The average molecular weight is 212 g/mol. The first-order valence-electron chi connectivity index (χ1n) is 3.30. The molecule has 0 bridgehead atoms. The van der Waals surface area contributed by atoms with E-state index in [9.17, 15) is 0 Å². The quantitative estimate of drug-likeness (QED) is 0.399. The molecular formula is C9H10BrN. The van der Waals surface area contributed by atoms with E-state index in [1.807, 2.05) is 18.2 Å². The van der Waals surface area contributed by atoms with Gasteiger partial charge in [-0.2, -0.15) is 5.26 Å². The highest BCUT2D eigenvalue weighted by Crippen LogP contribution is 1.95. The van der Waals surface area contributed by atoms with Gasteiger partial charge in [-0.3, -0.25) is 0 Å². The van der Waals surface area contributed by atoms with Crippen LogP contribution in [0.3, 0.4) is 0 Å². The van der Waals surface area contributed by atoms with E-state index in [-0.39, 0.29) is 0 Å². The molecule has 0 heterocycles. The molecule has 58 valence electrons. The van der Waals surface area contributed by atoms with Gasteiger partial charge in [0.1, 0.15) is 0 Å². The van der Waals surface area contributed by atoms with Gasteiger partial charge in [-0.1, -0.05) is 40.7 Å². The zero-order valence-electron chi connectivity index (χ0n) is 6.26. The van der Waals surface area contributed by atoms with E-state index < -0.39 is 0 Å². The second-order valence-corrected chi connectivity index (χ2v) is 2.64. The fourth-order valence-corrected chi connectivity index (χ4v) is 0.746. The molecule has 0 rings (SSSR count). The molecule has 0 spiro atoms. The first kappa shape index (κ1) is 10.2. The van der Waals surface area contributed by atoms with Crippen LogP contribution >= 0.6 is 15.9 Å². The zero-order valence-corrected chi connectivity index (χ0v) is 7.84. The number of rotatable bonds is 4. The molecule has 0 atom stereocenters. The maximum atomic E-state index is 8.45. The van der Waals surface area contributed by atoms with Crippen molar-refractivity contribution in [2.45, 2.75) is 6.42 Å². The number of hydrogen-bond acceptors (Lipinski definition) is 1. The number of nitriles is 1. The normalized spacial score (nSPS) is 11.5. The molecule has 0 fully saturated rings. The Morgan fingerprint density at radius 3 is 2.82 bits per heavy atom. The molecule has 1 nitrogen and oxygen atoms in total. The number of hydrogen-bond donors (Lipinski definition) is 0. The van der Waals surface area contributed by atoms with Crippen LogP contribution in [-0.2, 0) is 0 Å². The van der Waals surface area contributed by atoms with Crippen molar-refractivity contribution in [2.24, 2.45) is 0 Å². The van der Waals surface area contributed by atoms with Crippen molar-refractivity contribution >= 4 is 15.9 Å². The fourth-order valence-electron chi connectivity index (χ4n) is 0.482. The summed E-state index contributed by atoms with van der Waals surface area (Å²) in [6.07, 6.45) is 8.12. The van der Waals surface area contributed by atoms with Crippen molar-refractivity contribution in [3.63, 3.8) is 0 Å². The molecule has 2 heteroatoms. The lowest BCUT2D eigenvalue weighted by molar-refractivity contribution is 1.26. The van der Waals surface area contributed by atoms with Gasteiger partial charge in [-0.25, -0.2) is 0 Å². The van der Waals surface area contributed by atoms with Crippen LogP contribution in [0.15, 0.2) is 36.5 Å². The predicted octanol–water partition coefficient (Wildman–Crippen LogP) is 2.96. The van der Waals surface area contributed by atoms with E-state index in [0.29, 0.717) is 5.57 Å². The van der Waals surface area contributed by atoms with E-state index in [0.717, 1.165) is 11.8 Å². The van der Waals surface area contributed by atoms with Crippen molar-refractivity contribution in [1.82, 2.24) is 0 Å². The smallest absolute Gasteiger partial charge is 0.0991 e. The van der Waals surface area contributed by atoms with Crippen LogP contribution < -0.4 is 0 Å². The van der Waals surface area contributed by atoms with Crippen LogP contribution in [0.2, 0.25) is 0 Å². The van der Waals surface area contributed by atoms with Crippen molar-refractivity contribution in [2.75, 3.05) is 5.33 Å². The highest BCUT2D eigenvalue weighted by Gasteiger charge is 1.80. The van der Waals surface area contributed by atoms with Gasteiger partial charge in [0.25, 0.3) is 0 Å². The number of allylic oxidation sites excluding steroid dienone is 5. The first-order valence-corrected chi connectivity index (χ1v) is 4.42. The molecule has 0 aliphatic carbocycles. The maximum Gasteiger partial charge on any atom is 0.0991 e. The predicted molar refractivity (Wildman–Crippen MR) is 51.4 cm³/mol. The van der Waals surface area contributed by atoms with E-state index in [1.54, 1.807) is 12.2 Å². The summed E-state index contributed by atoms with van der Waals surface area (Å²) in [4.78, 5) is 0. The Kier molecular flexibility index (Phi) is 6.76. The molecule has 0 saturated heterocycles. The standard InChI is InChI=1S/C9H10BrN/c1-2-9(8-11)6-4-3-5-7-10/h2-4,6H,1,5,7H2/b4-3+,9-6+. The van der Waals surface area contributed by atoms with Crippen LogP contribution in [0.4, 0.5) is 0 Å². The Bertz CT molecular complexity index is 208. The molecule has 0 amide bonds. The first-order chi connectivity index (χ1) is 5.35. The van der Waals surface area contributed by atoms with Gasteiger partial charge >= 0.3 is 0 Å². The second kappa shape index (κ2) is 7.30. The molecule has 11 heavy (non-hydrogen) atoms. The second-order valence-electron chi connectivity index (χ2n) is 1.84. The van der Waals surface area contributed by atoms with Gasteiger partial charge in [-0.15, -0.1) is 0 Å². The topological polar surface area (TPSA) is 23.8 Å². The number of halogens is 1. The molecule has 0 aliphatic rings. The third kappa shape index (κ3) is 5.63. The Morgan fingerprint density at radius 2 is 2.36 bits per heavy atom. The summed E-state index contributed by atoms with van der Waals surface area (Å²) in [6.45, 7) is 3.50. The monoisotopic (exact) mass is 211 g/mol. The van der Waals surface area contributed by atoms with Crippen LogP contribution in [0, 0.1) is 11.3 Å². The lowest BCUT2D eigenvalue weighted by Gasteiger charge is -1.82. The van der Waals surface area contributed by atoms with Crippen LogP contribution in [0.5, 0.6) is 0 Å². The average Bonchev–Trinajstić information content (AvgIpc) is 2.05. The molecule has 0 aromatic rings. The van der Waals surface area contributed by atoms with Gasteiger partial charge in [0.15, 0.2) is 0 Å². The molecule has 0 saturated carbocycles. The van der Waals surface area contributed by atoms with Gasteiger partial charge in [-0.05, 0) is 12.5 Å². The Labute approximate surface area is 75.9 Å². The summed E-state index contributed by atoms with van der Waals surface area (Å²) in [5, 5.41) is 9.40. The molecule has 0 unspecified atom stereocenters. The minimum atomic E-state index is 0.593. The van der Waals surface area contributed by atoms with Gasteiger partial charge in [0, 0.05) is 5.33 Å². The number of nitrogens with zero attached hydrogens (tertiary/aromatic N) is 1. The maximum absolute atomic E-state index is 8.45. The van der Waals surface area contributed by atoms with Gasteiger partial charge < -0.3 is 0 Å².